The van der Waals surface area contributed by atoms with Gasteiger partial charge in [-0.1, -0.05) is 0 Å². The van der Waals surface area contributed by atoms with Gasteiger partial charge in [-0.05, 0) is 6.92 Å². The molecule has 0 aliphatic carbocycles. The molecule has 1 rings (SSSR count). The van der Waals surface area contributed by atoms with Crippen LogP contribution in [0.15, 0.2) is 0 Å². The van der Waals surface area contributed by atoms with Crippen molar-refractivity contribution in [3.63, 3.8) is 0 Å². The van der Waals surface area contributed by atoms with Crippen molar-refractivity contribution in [2.75, 3.05) is 13.0 Å². The van der Waals surface area contributed by atoms with Crippen molar-refractivity contribution in [1.29, 1.82) is 0 Å². The topological polar surface area (TPSA) is 75.4 Å². The van der Waals surface area contributed by atoms with E-state index >= 15 is 0 Å². The molecule has 0 saturated carbocycles. The van der Waals surface area contributed by atoms with Gasteiger partial charge in [0.1, 0.15) is 6.04 Å². The van der Waals surface area contributed by atoms with Crippen molar-refractivity contribution < 1.29 is 15.1 Å². The second-order valence-electron chi connectivity index (χ2n) is 2.11. The molecule has 3 N–H and O–H groups in total. The predicted octanol–water partition coefficient (Wildman–Crippen LogP) is -1.11. The van der Waals surface area contributed by atoms with Gasteiger partial charge in [-0.2, -0.15) is 0 Å². The summed E-state index contributed by atoms with van der Waals surface area (Å²) in [7, 11) is 0. The molecule has 5 heteroatoms. The molecular formula is C6H11N3O2. The maximum atomic E-state index is 11.2. The van der Waals surface area contributed by atoms with Gasteiger partial charge < -0.3 is 16.0 Å². The number of nitrogens with one attached hydrogen (secondary N) is 1. The molecule has 5 nitrogen and oxygen atoms in total. The quantitative estimate of drug-likeness (QED) is 0.472. The number of carbonyl (C=O) groups is 2. The second kappa shape index (κ2) is 2.77. The van der Waals surface area contributed by atoms with Crippen LogP contribution in [0.5, 0.6) is 0 Å². The average molecular weight is 161 g/mol. The van der Waals surface area contributed by atoms with Crippen LogP contribution in [0.4, 0.5) is 4.79 Å². The Morgan fingerprint density at radius 3 is 3.18 bits per heavy atom. The van der Waals surface area contributed by atoms with Gasteiger partial charge in [0.15, 0.2) is 0 Å². The number of nitrogens with two attached hydrogens (primary N) is 1. The van der Waals surface area contributed by atoms with Gasteiger partial charge in [-0.3, -0.25) is 4.79 Å². The zero-order chi connectivity index (χ0) is 12.0. The molecule has 0 spiro atoms. The lowest BCUT2D eigenvalue weighted by molar-refractivity contribution is -0.126. The molecule has 1 aliphatic rings. The summed E-state index contributed by atoms with van der Waals surface area (Å²) in [6.45, 7) is -4.06. The first-order valence-electron chi connectivity index (χ1n) is 5.02. The van der Waals surface area contributed by atoms with E-state index in [-0.39, 0.29) is 0 Å². The van der Waals surface area contributed by atoms with Gasteiger partial charge in [0.25, 0.3) is 0 Å². The van der Waals surface area contributed by atoms with Gasteiger partial charge in [-0.15, -0.1) is 0 Å². The summed E-state index contributed by atoms with van der Waals surface area (Å²) in [4.78, 5) is 22.6. The minimum atomic E-state index is -2.67. The fourth-order valence-corrected chi connectivity index (χ4v) is 0.714. The molecule has 11 heavy (non-hydrogen) atoms. The van der Waals surface area contributed by atoms with Gasteiger partial charge in [0.05, 0.1) is 5.48 Å². The van der Waals surface area contributed by atoms with E-state index in [1.807, 2.05) is 5.32 Å². The molecule has 0 radical (unpaired) electrons. The maximum Gasteiger partial charge on any atom is 0.315 e. The van der Waals surface area contributed by atoms with Crippen molar-refractivity contribution in [3.05, 3.63) is 0 Å². The van der Waals surface area contributed by atoms with Crippen LogP contribution in [0.25, 0.3) is 0 Å². The van der Waals surface area contributed by atoms with Crippen LogP contribution in [0.3, 0.4) is 0 Å². The highest BCUT2D eigenvalue weighted by Crippen LogP contribution is 2.01. The number of carbonyl (C=O) groups excluding carboxylic acids is 2. The molecule has 1 aliphatic heterocycles. The minimum absolute atomic E-state index is 0.395. The number of nitrogens with zero attached hydrogens (tertiary/aromatic N) is 1. The normalized spacial score (nSPS) is 39.2. The molecule has 1 atom stereocenters. The predicted molar refractivity (Wildman–Crippen MR) is 38.8 cm³/mol. The third kappa shape index (κ3) is 1.42. The van der Waals surface area contributed by atoms with Gasteiger partial charge in [0, 0.05) is 13.0 Å². The zero-order valence-electron chi connectivity index (χ0n) is 9.92. The van der Waals surface area contributed by atoms with Crippen LogP contribution in [0, 0.1) is 0 Å². The Morgan fingerprint density at radius 1 is 2.00 bits per heavy atom. The van der Waals surface area contributed by atoms with Gasteiger partial charge >= 0.3 is 6.03 Å². The minimum Gasteiger partial charge on any atom is -0.353 e. The fraction of sp³-hybridized carbons (Fsp3) is 0.667. The van der Waals surface area contributed by atoms with E-state index in [1.165, 1.54) is 6.92 Å². The van der Waals surface area contributed by atoms with Crippen molar-refractivity contribution in [3.8, 4) is 0 Å². The Kier molecular flexibility index (Phi) is 0.994. The van der Waals surface area contributed by atoms with Crippen LogP contribution in [0.1, 0.15) is 12.4 Å². The summed E-state index contributed by atoms with van der Waals surface area (Å²) < 4.78 is 29.4. The third-order valence-electron chi connectivity index (χ3n) is 1.37. The van der Waals surface area contributed by atoms with Crippen LogP contribution in [0.2, 0.25) is 0 Å². The summed E-state index contributed by atoms with van der Waals surface area (Å²) in [5, 5.41) is 1.85. The highest BCUT2D eigenvalue weighted by molar-refractivity contribution is 5.87. The smallest absolute Gasteiger partial charge is 0.315 e. The largest absolute Gasteiger partial charge is 0.353 e. The zero-order valence-corrected chi connectivity index (χ0v) is 5.92. The van der Waals surface area contributed by atoms with Gasteiger partial charge in [0.2, 0.25) is 5.91 Å². The molecule has 0 aromatic carbocycles. The number of piperazine rings is 1. The number of primary amides is 1. The second-order valence-corrected chi connectivity index (χ2v) is 2.11. The molecule has 1 saturated heterocycles. The van der Waals surface area contributed by atoms with E-state index in [9.17, 15) is 9.59 Å². The van der Waals surface area contributed by atoms with Crippen molar-refractivity contribution in [2.45, 2.75) is 13.0 Å². The molecule has 0 aromatic heterocycles. The summed E-state index contributed by atoms with van der Waals surface area (Å²) in [6.07, 6.45) is 0. The summed E-state index contributed by atoms with van der Waals surface area (Å²) >= 11 is 0. The standard InChI is InChI=1S/C6H11N3O2/c1-4-5(10)8-2-3-9(4)6(7)11/h4H,2-3H2,1H3,(H2,7,11)(H,8,10)/i2D2,3D2. The van der Waals surface area contributed by atoms with Crippen LogP contribution in [-0.4, -0.2) is 35.9 Å². The fourth-order valence-electron chi connectivity index (χ4n) is 0.714. The lowest BCUT2D eigenvalue weighted by Crippen LogP contribution is -2.57. The van der Waals surface area contributed by atoms with E-state index in [4.69, 9.17) is 11.2 Å². The molecule has 1 unspecified atom stereocenters. The number of urea groups is 1. The van der Waals surface area contributed by atoms with Crippen LogP contribution < -0.4 is 11.1 Å². The van der Waals surface area contributed by atoms with E-state index in [0.717, 1.165) is 0 Å². The Labute approximate surface area is 70.2 Å². The Morgan fingerprint density at radius 2 is 2.64 bits per heavy atom. The van der Waals surface area contributed by atoms with Crippen molar-refractivity contribution >= 4 is 11.9 Å². The number of amides is 3. The molecule has 0 aromatic rings. The first-order valence-corrected chi connectivity index (χ1v) is 3.02. The van der Waals surface area contributed by atoms with Crippen LogP contribution in [-0.2, 0) is 4.79 Å². The van der Waals surface area contributed by atoms with E-state index in [2.05, 4.69) is 0 Å². The number of rotatable bonds is 0. The first-order chi connectivity index (χ1) is 6.61. The first kappa shape index (κ1) is 3.94. The van der Waals surface area contributed by atoms with Crippen molar-refractivity contribution in [1.82, 2.24) is 10.2 Å². The van der Waals surface area contributed by atoms with E-state index in [1.54, 1.807) is 0 Å². The monoisotopic (exact) mass is 161 g/mol. The van der Waals surface area contributed by atoms with E-state index < -0.39 is 31.0 Å². The van der Waals surface area contributed by atoms with Gasteiger partial charge in [-0.25, -0.2) is 4.79 Å². The highest BCUT2D eigenvalue weighted by atomic mass is 16.2. The Hall–Kier alpha value is -1.26. The lowest BCUT2D eigenvalue weighted by Gasteiger charge is -2.31. The highest BCUT2D eigenvalue weighted by Gasteiger charge is 2.27. The average Bonchev–Trinajstić information content (AvgIpc) is 1.99. The molecule has 62 valence electrons. The SMILES string of the molecule is [2H]C1([2H])NC(=O)C(C)N(C(N)=O)C1([2H])[2H]. The molecule has 1 heterocycles. The third-order valence-corrected chi connectivity index (χ3v) is 1.37. The Bertz CT molecular complexity index is 319. The molecule has 3 amide bonds. The van der Waals surface area contributed by atoms with Crippen molar-refractivity contribution in [2.24, 2.45) is 5.73 Å². The molecule has 0 bridgehead atoms. The van der Waals surface area contributed by atoms with E-state index in [0.29, 0.717) is 4.90 Å². The molecular weight excluding hydrogens is 146 g/mol. The lowest BCUT2D eigenvalue weighted by atomic mass is 10.2. The maximum absolute atomic E-state index is 11.2. The summed E-state index contributed by atoms with van der Waals surface area (Å²) in [6, 6.07) is -2.31. The number of hydrogen-bond donors (Lipinski definition) is 2. The summed E-state index contributed by atoms with van der Waals surface area (Å²) in [5.74, 6) is -0.783. The number of hydrogen-bond acceptors (Lipinski definition) is 2. The molecule has 1 fully saturated rings. The van der Waals surface area contributed by atoms with Crippen LogP contribution >= 0.6 is 0 Å². The Balaban J connectivity index is 3.20. The summed E-state index contributed by atoms with van der Waals surface area (Å²) in [5.41, 5.74) is 4.92.